The average molecular weight is 934 g/mol. The van der Waals surface area contributed by atoms with E-state index in [1.807, 2.05) is 0 Å². The van der Waals surface area contributed by atoms with Crippen LogP contribution in [0.5, 0.6) is 11.5 Å². The van der Waals surface area contributed by atoms with Crippen molar-refractivity contribution < 1.29 is 55.8 Å². The molecule has 0 unspecified atom stereocenters. The molecule has 0 aromatic heterocycles. The Balaban J connectivity index is 0.000000225. The highest BCUT2D eigenvalue weighted by atomic mass is 79.9. The van der Waals surface area contributed by atoms with Gasteiger partial charge in [-0.1, -0.05) is 122 Å². The summed E-state index contributed by atoms with van der Waals surface area (Å²) in [6.07, 6.45) is 0. The molecule has 11 heteroatoms. The number of halogens is 3. The molecule has 0 atom stereocenters. The van der Waals surface area contributed by atoms with E-state index in [0.29, 0.717) is 6.07 Å². The summed E-state index contributed by atoms with van der Waals surface area (Å²) < 4.78 is 24.5. The van der Waals surface area contributed by atoms with Crippen LogP contribution in [0.1, 0.15) is 28.1 Å². The highest BCUT2D eigenvalue weighted by Gasteiger charge is 2.28. The number of carboxylic acids is 2. The van der Waals surface area contributed by atoms with Gasteiger partial charge in [-0.2, -0.15) is 0 Å². The van der Waals surface area contributed by atoms with E-state index in [-0.39, 0.29) is 51.8 Å². The second kappa shape index (κ2) is 25.8. The minimum Gasteiger partial charge on any atom is -1.00 e. The molecule has 8 aromatic rings. The number of carbonyl (C=O) groups is 2. The molecule has 8 rings (SSSR count). The Bertz CT molecular complexity index is 2170. The van der Waals surface area contributed by atoms with Gasteiger partial charge in [0.1, 0.15) is 22.9 Å². The lowest BCUT2D eigenvalue weighted by Gasteiger charge is -2.08. The van der Waals surface area contributed by atoms with Gasteiger partial charge >= 0.3 is 11.9 Å². The van der Waals surface area contributed by atoms with E-state index in [2.05, 4.69) is 182 Å². The summed E-state index contributed by atoms with van der Waals surface area (Å²) in [7, 11) is -0.0293. The lowest BCUT2D eigenvalue weighted by Crippen LogP contribution is -3.00. The first kappa shape index (κ1) is 49.7. The van der Waals surface area contributed by atoms with Gasteiger partial charge in [0, 0.05) is 6.07 Å². The number of benzene rings is 8. The molecule has 6 nitrogen and oxygen atoms in total. The lowest BCUT2D eigenvalue weighted by molar-refractivity contribution is -0.269. The molecule has 0 bridgehead atoms. The molecule has 0 aliphatic carbocycles. The molecule has 0 radical (unpaired) electrons. The Morgan fingerprint density at radius 1 is 0.403 bits per heavy atom. The van der Waals surface area contributed by atoms with Crippen LogP contribution >= 0.6 is 0 Å². The van der Waals surface area contributed by atoms with Crippen LogP contribution < -0.4 is 22.1 Å². The van der Waals surface area contributed by atoms with E-state index < -0.39 is 40.6 Å². The van der Waals surface area contributed by atoms with Crippen molar-refractivity contribution in [2.24, 2.45) is 0 Å². The van der Waals surface area contributed by atoms with Gasteiger partial charge < -0.3 is 37.4 Å². The maximum atomic E-state index is 12.3. The van der Waals surface area contributed by atoms with Gasteiger partial charge in [-0.3, -0.25) is 0 Å². The van der Waals surface area contributed by atoms with Gasteiger partial charge in [-0.25, -0.2) is 18.4 Å². The molecular formula is C51H43BrF2O6S2. The summed E-state index contributed by atoms with van der Waals surface area (Å²) in [5, 5.41) is 36.2. The Morgan fingerprint density at radius 3 is 0.871 bits per heavy atom. The fraction of sp³-hybridized carbons (Fsp3) is 0.0196. The van der Waals surface area contributed by atoms with Crippen LogP contribution in [0.4, 0.5) is 8.78 Å². The minimum atomic E-state index is -1.34. The standard InChI is InChI=1S/2C18H15S.2C7H5FO3.CH4.BrH/c2*1-4-10-16(11-5-1)19(17-12-6-2-7-13-17)18-14-8-3-9-15-18;2*8-4-1-2-5(7(10)11)6(9)3-4;;/h2*1-15H;2*1-3,9H,(H,10,11);1H4;1H/q2*+1;;;;/p-2. The van der Waals surface area contributed by atoms with Crippen molar-refractivity contribution in [1.29, 1.82) is 0 Å². The third-order valence-electron chi connectivity index (χ3n) is 8.24. The highest BCUT2D eigenvalue weighted by molar-refractivity contribution is 7.97. The molecule has 8 aromatic carbocycles. The zero-order valence-electron chi connectivity index (χ0n) is 32.3. The topological polar surface area (TPSA) is 118 Å². The third-order valence-corrected chi connectivity index (χ3v) is 12.7. The second-order valence-corrected chi connectivity index (χ2v) is 16.5. The molecular weight excluding hydrogens is 891 g/mol. The molecule has 0 heterocycles. The summed E-state index contributed by atoms with van der Waals surface area (Å²) in [5.74, 6) is -5.36. The number of carboxylic acid groups (broad SMARTS) is 2. The Labute approximate surface area is 376 Å². The molecule has 0 aliphatic heterocycles. The maximum Gasteiger partial charge on any atom is 0.339 e. The zero-order chi connectivity index (χ0) is 42.7. The van der Waals surface area contributed by atoms with Crippen molar-refractivity contribution >= 4 is 33.7 Å². The van der Waals surface area contributed by atoms with Crippen LogP contribution in [0, 0.1) is 11.6 Å². The van der Waals surface area contributed by atoms with Gasteiger partial charge in [0.2, 0.25) is 0 Å². The first-order valence-electron chi connectivity index (χ1n) is 18.3. The molecule has 0 aliphatic rings. The number of hydrogen-bond acceptors (Lipinski definition) is 4. The van der Waals surface area contributed by atoms with Gasteiger partial charge in [0.05, 0.1) is 27.4 Å². The monoisotopic (exact) mass is 932 g/mol. The summed E-state index contributed by atoms with van der Waals surface area (Å²) >= 11 is 0. The van der Waals surface area contributed by atoms with Crippen molar-refractivity contribution in [2.75, 3.05) is 0 Å². The fourth-order valence-corrected chi connectivity index (χ4v) is 9.72. The van der Waals surface area contributed by atoms with E-state index in [4.69, 9.17) is 15.3 Å². The van der Waals surface area contributed by atoms with Crippen LogP contribution in [-0.2, 0) is 21.8 Å². The molecule has 3 N–H and O–H groups in total. The molecule has 316 valence electrons. The minimum absolute atomic E-state index is 0. The Morgan fingerprint density at radius 2 is 0.645 bits per heavy atom. The normalized spacial score (nSPS) is 9.87. The van der Waals surface area contributed by atoms with Crippen LogP contribution in [-0.4, -0.2) is 27.3 Å². The number of aromatic carboxylic acids is 2. The molecule has 0 saturated carbocycles. The van der Waals surface area contributed by atoms with Crippen molar-refractivity contribution in [3.63, 3.8) is 0 Å². The van der Waals surface area contributed by atoms with Gasteiger partial charge in [0.25, 0.3) is 0 Å². The van der Waals surface area contributed by atoms with E-state index in [9.17, 15) is 23.5 Å². The SMILES string of the molecule is C.O=C(O)c1ccc(F)cc1O.O=C(O)c1ccc(F)cc1[O-].[Br-].c1ccc([S+](c2ccccc2)c2ccccc2)cc1.c1ccc([S+](c2ccccc2)c2ccccc2)cc1. The third kappa shape index (κ3) is 14.8. The Kier molecular flexibility index (Phi) is 20.7. The van der Waals surface area contributed by atoms with Crippen molar-refractivity contribution in [3.05, 3.63) is 241 Å². The van der Waals surface area contributed by atoms with Crippen LogP contribution in [0.25, 0.3) is 0 Å². The van der Waals surface area contributed by atoms with E-state index in [0.717, 1.165) is 30.3 Å². The molecule has 0 saturated heterocycles. The predicted molar refractivity (Wildman–Crippen MR) is 238 cm³/mol. The van der Waals surface area contributed by atoms with Crippen LogP contribution in [0.15, 0.2) is 248 Å². The highest BCUT2D eigenvalue weighted by Crippen LogP contribution is 2.32. The van der Waals surface area contributed by atoms with E-state index in [1.165, 1.54) is 29.4 Å². The number of rotatable bonds is 8. The lowest BCUT2D eigenvalue weighted by atomic mass is 10.2. The van der Waals surface area contributed by atoms with Crippen molar-refractivity contribution in [1.82, 2.24) is 0 Å². The quantitative estimate of drug-likeness (QED) is 0.131. The number of hydrogen-bond donors (Lipinski definition) is 3. The molecule has 0 amide bonds. The van der Waals surface area contributed by atoms with Crippen LogP contribution in [0.2, 0.25) is 0 Å². The molecule has 62 heavy (non-hydrogen) atoms. The smallest absolute Gasteiger partial charge is 0.339 e. The summed E-state index contributed by atoms with van der Waals surface area (Å²) in [6.45, 7) is 0. The molecule has 0 spiro atoms. The predicted octanol–water partition coefficient (Wildman–Crippen LogP) is 9.03. The van der Waals surface area contributed by atoms with Crippen molar-refractivity contribution in [3.8, 4) is 11.5 Å². The summed E-state index contributed by atoms with van der Waals surface area (Å²) in [6, 6.07) is 69.6. The van der Waals surface area contributed by atoms with Gasteiger partial charge in [-0.05, 0) is 103 Å². The molecule has 0 fully saturated rings. The summed E-state index contributed by atoms with van der Waals surface area (Å²) in [4.78, 5) is 28.6. The largest absolute Gasteiger partial charge is 1.00 e. The maximum absolute atomic E-state index is 12.3. The fourth-order valence-electron chi connectivity index (χ4n) is 5.51. The van der Waals surface area contributed by atoms with Gasteiger partial charge in [0.15, 0.2) is 29.4 Å². The number of phenols is 1. The zero-order valence-corrected chi connectivity index (χ0v) is 35.5. The van der Waals surface area contributed by atoms with E-state index in [1.54, 1.807) is 0 Å². The van der Waals surface area contributed by atoms with Crippen LogP contribution in [0.3, 0.4) is 0 Å². The second-order valence-electron chi connectivity index (χ2n) is 12.4. The number of aromatic hydroxyl groups is 1. The first-order valence-corrected chi connectivity index (χ1v) is 20.8. The van der Waals surface area contributed by atoms with E-state index >= 15 is 0 Å². The van der Waals surface area contributed by atoms with Gasteiger partial charge in [-0.15, -0.1) is 0 Å². The summed E-state index contributed by atoms with van der Waals surface area (Å²) in [5.41, 5.74) is -0.710. The average Bonchev–Trinajstić information content (AvgIpc) is 3.27. The van der Waals surface area contributed by atoms with Crippen molar-refractivity contribution in [2.45, 2.75) is 36.8 Å². The Hall–Kier alpha value is -6.66. The first-order chi connectivity index (χ1) is 29.1.